The Bertz CT molecular complexity index is 542. The van der Waals surface area contributed by atoms with Crippen LogP contribution in [0.2, 0.25) is 0 Å². The molecule has 0 aliphatic rings. The van der Waals surface area contributed by atoms with E-state index in [0.717, 1.165) is 5.57 Å². The molecule has 0 aliphatic carbocycles. The molecule has 1 aromatic rings. The molecule has 0 bridgehead atoms. The summed E-state index contributed by atoms with van der Waals surface area (Å²) in [6.45, 7) is 8.02. The van der Waals surface area contributed by atoms with Crippen molar-refractivity contribution in [2.24, 2.45) is 5.41 Å². The molecule has 0 saturated carbocycles. The maximum absolute atomic E-state index is 11.8. The van der Waals surface area contributed by atoms with Crippen molar-refractivity contribution in [1.29, 1.82) is 0 Å². The molecule has 0 heterocycles. The van der Waals surface area contributed by atoms with Gasteiger partial charge in [0.25, 0.3) is 5.91 Å². The lowest BCUT2D eigenvalue weighted by molar-refractivity contribution is 0.0965. The smallest absolute Gasteiger partial charge is 0.325 e. The SMILES string of the molecule is C/C(=C\NC(=O)NC(=O)c1ccccc1N)C(C)(C)C. The van der Waals surface area contributed by atoms with Crippen molar-refractivity contribution in [3.05, 3.63) is 41.6 Å². The van der Waals surface area contributed by atoms with E-state index in [1.807, 2.05) is 27.7 Å². The molecule has 0 atom stereocenters. The average molecular weight is 275 g/mol. The number of nitrogens with one attached hydrogen (secondary N) is 2. The van der Waals surface area contributed by atoms with E-state index < -0.39 is 11.9 Å². The van der Waals surface area contributed by atoms with Crippen molar-refractivity contribution < 1.29 is 9.59 Å². The summed E-state index contributed by atoms with van der Waals surface area (Å²) in [5.41, 5.74) is 7.24. The van der Waals surface area contributed by atoms with Crippen LogP contribution in [0.5, 0.6) is 0 Å². The maximum atomic E-state index is 11.8. The van der Waals surface area contributed by atoms with Crippen molar-refractivity contribution >= 4 is 17.6 Å². The first kappa shape index (κ1) is 15.8. The summed E-state index contributed by atoms with van der Waals surface area (Å²) in [5, 5.41) is 4.77. The number of amides is 3. The predicted molar refractivity (Wildman–Crippen MR) is 80.1 cm³/mol. The van der Waals surface area contributed by atoms with Crippen LogP contribution in [0.25, 0.3) is 0 Å². The Labute approximate surface area is 119 Å². The van der Waals surface area contributed by atoms with Crippen LogP contribution < -0.4 is 16.4 Å². The van der Waals surface area contributed by atoms with Crippen molar-refractivity contribution in [1.82, 2.24) is 10.6 Å². The van der Waals surface area contributed by atoms with Gasteiger partial charge in [0.15, 0.2) is 0 Å². The molecular weight excluding hydrogens is 254 g/mol. The summed E-state index contributed by atoms with van der Waals surface area (Å²) in [6, 6.07) is 6.00. The van der Waals surface area contributed by atoms with Gasteiger partial charge in [0.1, 0.15) is 0 Å². The number of para-hydroxylation sites is 1. The van der Waals surface area contributed by atoms with E-state index in [0.29, 0.717) is 5.69 Å². The largest absolute Gasteiger partial charge is 0.398 e. The van der Waals surface area contributed by atoms with Crippen LogP contribution in [0.4, 0.5) is 10.5 Å². The van der Waals surface area contributed by atoms with Crippen LogP contribution in [-0.2, 0) is 0 Å². The number of allylic oxidation sites excluding steroid dienone is 1. The second-order valence-corrected chi connectivity index (χ2v) is 5.59. The van der Waals surface area contributed by atoms with E-state index in [1.165, 1.54) is 0 Å². The molecule has 1 aromatic carbocycles. The second kappa shape index (κ2) is 6.23. The Balaban J connectivity index is 2.64. The van der Waals surface area contributed by atoms with Gasteiger partial charge in [-0.1, -0.05) is 38.5 Å². The molecule has 5 nitrogen and oxygen atoms in total. The molecule has 3 amide bonds. The highest BCUT2D eigenvalue weighted by molar-refractivity contribution is 6.07. The molecule has 0 fully saturated rings. The zero-order valence-electron chi connectivity index (χ0n) is 12.3. The van der Waals surface area contributed by atoms with Crippen molar-refractivity contribution in [2.45, 2.75) is 27.7 Å². The molecular formula is C15H21N3O2. The zero-order valence-corrected chi connectivity index (χ0v) is 12.3. The maximum Gasteiger partial charge on any atom is 0.325 e. The summed E-state index contributed by atoms with van der Waals surface area (Å²) in [4.78, 5) is 23.5. The lowest BCUT2D eigenvalue weighted by Gasteiger charge is -2.19. The fraction of sp³-hybridized carbons (Fsp3) is 0.333. The summed E-state index contributed by atoms with van der Waals surface area (Å²) < 4.78 is 0. The molecule has 0 aliphatic heterocycles. The number of urea groups is 1. The predicted octanol–water partition coefficient (Wildman–Crippen LogP) is 2.66. The number of nitrogen functional groups attached to an aromatic ring is 1. The number of hydrogen-bond acceptors (Lipinski definition) is 3. The van der Waals surface area contributed by atoms with Gasteiger partial charge < -0.3 is 11.1 Å². The van der Waals surface area contributed by atoms with Crippen LogP contribution in [0.1, 0.15) is 38.1 Å². The highest BCUT2D eigenvalue weighted by Crippen LogP contribution is 2.23. The number of carbonyl (C=O) groups excluding carboxylic acids is 2. The Morgan fingerprint density at radius 2 is 1.80 bits per heavy atom. The Morgan fingerprint density at radius 3 is 2.35 bits per heavy atom. The number of rotatable bonds is 2. The first-order chi connectivity index (χ1) is 9.21. The highest BCUT2D eigenvalue weighted by Gasteiger charge is 2.14. The summed E-state index contributed by atoms with van der Waals surface area (Å²) in [5.74, 6) is -0.526. The van der Waals surface area contributed by atoms with Crippen LogP contribution in [0.3, 0.4) is 0 Å². The lowest BCUT2D eigenvalue weighted by atomic mass is 9.88. The highest BCUT2D eigenvalue weighted by atomic mass is 16.2. The average Bonchev–Trinajstić information content (AvgIpc) is 2.35. The Morgan fingerprint density at radius 1 is 1.20 bits per heavy atom. The normalized spacial score (nSPS) is 11.9. The summed E-state index contributed by atoms with van der Waals surface area (Å²) in [7, 11) is 0. The topological polar surface area (TPSA) is 84.2 Å². The standard InChI is InChI=1S/C15H21N3O2/c1-10(15(2,3)4)9-17-14(20)18-13(19)11-7-5-6-8-12(11)16/h5-9H,16H2,1-4H3,(H2,17,18,19,20)/b10-9+. The zero-order chi connectivity index (χ0) is 15.3. The molecule has 0 radical (unpaired) electrons. The molecule has 0 saturated heterocycles. The fourth-order valence-corrected chi connectivity index (χ4v) is 1.30. The molecule has 0 aromatic heterocycles. The van der Waals surface area contributed by atoms with Gasteiger partial charge in [-0.15, -0.1) is 0 Å². The Hall–Kier alpha value is -2.30. The molecule has 20 heavy (non-hydrogen) atoms. The minimum atomic E-state index is -0.582. The van der Waals surface area contributed by atoms with Gasteiger partial charge in [0.05, 0.1) is 5.56 Å². The van der Waals surface area contributed by atoms with Gasteiger partial charge in [-0.3, -0.25) is 10.1 Å². The molecule has 108 valence electrons. The van der Waals surface area contributed by atoms with Crippen molar-refractivity contribution in [3.63, 3.8) is 0 Å². The number of benzene rings is 1. The summed E-state index contributed by atoms with van der Waals surface area (Å²) >= 11 is 0. The van der Waals surface area contributed by atoms with Crippen LogP contribution in [0, 0.1) is 5.41 Å². The van der Waals surface area contributed by atoms with Gasteiger partial charge >= 0.3 is 6.03 Å². The molecule has 0 unspecified atom stereocenters. The van der Waals surface area contributed by atoms with Crippen molar-refractivity contribution in [2.75, 3.05) is 5.73 Å². The lowest BCUT2D eigenvalue weighted by Crippen LogP contribution is -2.37. The third kappa shape index (κ3) is 4.42. The molecule has 5 heteroatoms. The van der Waals surface area contributed by atoms with E-state index in [-0.39, 0.29) is 11.0 Å². The number of hydrogen-bond donors (Lipinski definition) is 3. The number of carbonyl (C=O) groups is 2. The van der Waals surface area contributed by atoms with Gasteiger partial charge in [0.2, 0.25) is 0 Å². The van der Waals surface area contributed by atoms with E-state index in [4.69, 9.17) is 5.73 Å². The minimum absolute atomic E-state index is 0.0405. The van der Waals surface area contributed by atoms with E-state index in [9.17, 15) is 9.59 Å². The second-order valence-electron chi connectivity index (χ2n) is 5.59. The quantitative estimate of drug-likeness (QED) is 0.725. The van der Waals surface area contributed by atoms with Crippen LogP contribution in [0.15, 0.2) is 36.0 Å². The van der Waals surface area contributed by atoms with E-state index >= 15 is 0 Å². The van der Waals surface area contributed by atoms with Gasteiger partial charge in [-0.25, -0.2) is 4.79 Å². The van der Waals surface area contributed by atoms with E-state index in [2.05, 4.69) is 10.6 Å². The van der Waals surface area contributed by atoms with Gasteiger partial charge in [-0.05, 0) is 24.5 Å². The minimum Gasteiger partial charge on any atom is -0.398 e. The number of nitrogens with two attached hydrogens (primary N) is 1. The van der Waals surface area contributed by atoms with Crippen molar-refractivity contribution in [3.8, 4) is 0 Å². The number of imide groups is 1. The van der Waals surface area contributed by atoms with Crippen LogP contribution in [-0.4, -0.2) is 11.9 Å². The first-order valence-electron chi connectivity index (χ1n) is 6.35. The van der Waals surface area contributed by atoms with Gasteiger partial charge in [0, 0.05) is 11.9 Å². The number of anilines is 1. The molecule has 1 rings (SSSR count). The Kier molecular flexibility index (Phi) is 4.91. The fourth-order valence-electron chi connectivity index (χ4n) is 1.30. The summed E-state index contributed by atoms with van der Waals surface area (Å²) in [6.07, 6.45) is 1.59. The van der Waals surface area contributed by atoms with Gasteiger partial charge in [-0.2, -0.15) is 0 Å². The van der Waals surface area contributed by atoms with E-state index in [1.54, 1.807) is 30.5 Å². The van der Waals surface area contributed by atoms with Crippen LogP contribution >= 0.6 is 0 Å². The third-order valence-corrected chi connectivity index (χ3v) is 3.04. The molecule has 0 spiro atoms. The molecule has 4 N–H and O–H groups in total. The monoisotopic (exact) mass is 275 g/mol. The first-order valence-corrected chi connectivity index (χ1v) is 6.35. The third-order valence-electron chi connectivity index (χ3n) is 3.04.